The molecule has 0 bridgehead atoms. The summed E-state index contributed by atoms with van der Waals surface area (Å²) in [5.74, 6) is -2.97. The molecule has 13 heteroatoms. The molecular formula is C28H24F3N3O5S2. The Morgan fingerprint density at radius 3 is 2.39 bits per heavy atom. The highest BCUT2D eigenvalue weighted by atomic mass is 32.2. The molecule has 0 spiro atoms. The highest BCUT2D eigenvalue weighted by molar-refractivity contribution is 8.00. The number of aromatic nitrogens is 1. The lowest BCUT2D eigenvalue weighted by Gasteiger charge is -2.30. The number of piperidine rings is 1. The zero-order valence-electron chi connectivity index (χ0n) is 21.5. The first-order chi connectivity index (χ1) is 19.6. The van der Waals surface area contributed by atoms with Gasteiger partial charge in [-0.3, -0.25) is 19.2 Å². The van der Waals surface area contributed by atoms with Crippen LogP contribution in [0, 0.1) is 5.92 Å². The number of anilines is 1. The van der Waals surface area contributed by atoms with Crippen LogP contribution in [0.5, 0.6) is 5.75 Å². The van der Waals surface area contributed by atoms with Crippen LogP contribution < -0.4 is 14.5 Å². The number of para-hydroxylation sites is 1. The number of carbonyl (C=O) groups excluding carboxylic acids is 3. The Morgan fingerprint density at radius 2 is 1.68 bits per heavy atom. The summed E-state index contributed by atoms with van der Waals surface area (Å²) >= 11 is 1.90. The second-order valence-corrected chi connectivity index (χ2v) is 12.2. The quantitative estimate of drug-likeness (QED) is 0.427. The van der Waals surface area contributed by atoms with Crippen LogP contribution in [0.4, 0.5) is 18.9 Å². The van der Waals surface area contributed by atoms with Gasteiger partial charge in [0.05, 0.1) is 22.2 Å². The number of rotatable bonds is 5. The van der Waals surface area contributed by atoms with Gasteiger partial charge < -0.3 is 14.6 Å². The van der Waals surface area contributed by atoms with Crippen LogP contribution in [0.15, 0.2) is 58.4 Å². The van der Waals surface area contributed by atoms with Gasteiger partial charge in [0.25, 0.3) is 5.91 Å². The van der Waals surface area contributed by atoms with E-state index in [1.807, 2.05) is 0 Å². The first-order valence-electron chi connectivity index (χ1n) is 13.1. The number of alkyl halides is 3. The molecular weight excluding hydrogens is 579 g/mol. The third kappa shape index (κ3) is 5.05. The molecule has 41 heavy (non-hydrogen) atoms. The molecule has 3 atom stereocenters. The number of ether oxygens (including phenoxy) is 1. The molecule has 6 rings (SSSR count). The summed E-state index contributed by atoms with van der Waals surface area (Å²) in [6.07, 6.45) is -1.73. The number of carbonyl (C=O) groups is 3. The zero-order valence-corrected chi connectivity index (χ0v) is 23.1. The number of fused-ring (bicyclic) bond motifs is 2. The van der Waals surface area contributed by atoms with Crippen LogP contribution >= 0.6 is 23.1 Å². The number of nitrogens with zero attached hydrogens (tertiary/aromatic N) is 2. The number of halogens is 3. The number of thioether (sulfide) groups is 1. The van der Waals surface area contributed by atoms with Crippen LogP contribution in [-0.4, -0.2) is 52.6 Å². The monoisotopic (exact) mass is 603 g/mol. The predicted octanol–water partition coefficient (Wildman–Crippen LogP) is 4.64. The second-order valence-electron chi connectivity index (χ2n) is 10.1. The molecule has 0 aliphatic carbocycles. The van der Waals surface area contributed by atoms with Gasteiger partial charge in [-0.05, 0) is 49.1 Å². The molecule has 3 amide bonds. The van der Waals surface area contributed by atoms with Crippen LogP contribution in [0.3, 0.4) is 0 Å². The van der Waals surface area contributed by atoms with Crippen LogP contribution in [0.1, 0.15) is 41.2 Å². The summed E-state index contributed by atoms with van der Waals surface area (Å²) in [6.45, 7) is 1.30. The molecule has 0 unspecified atom stereocenters. The normalized spacial score (nSPS) is 22.5. The number of nitrogens with one attached hydrogen (secondary N) is 1. The number of thiazole rings is 1. The van der Waals surface area contributed by atoms with Crippen molar-refractivity contribution in [2.24, 2.45) is 5.92 Å². The first-order valence-corrected chi connectivity index (χ1v) is 14.8. The summed E-state index contributed by atoms with van der Waals surface area (Å²) in [5.41, 5.74) is -0.994. The largest absolute Gasteiger partial charge is 0.484 e. The standard InChI is InChI=1S/C28H24F3N3O5S2/c29-28(30,31)17-6-2-3-7-18(17)34-25(36)21-20(22-24(32-27(38)41-22)40-23(21)26(34)37)15-8-10-16(11-9-15)39-14-19(35)33-12-4-1-5-13-33/h2-3,6-11,20-21,23H,1,4-5,12-14H2,(H,32,38)/t20-,21-,23+/m0/s1. The van der Waals surface area contributed by atoms with E-state index in [4.69, 9.17) is 4.74 Å². The van der Waals surface area contributed by atoms with Gasteiger partial charge >= 0.3 is 11.0 Å². The van der Waals surface area contributed by atoms with Gasteiger partial charge in [-0.1, -0.05) is 47.4 Å². The summed E-state index contributed by atoms with van der Waals surface area (Å²) in [6, 6.07) is 11.2. The van der Waals surface area contributed by atoms with E-state index >= 15 is 0 Å². The minimum absolute atomic E-state index is 0.100. The number of benzene rings is 2. The molecule has 8 nitrogen and oxygen atoms in total. The van der Waals surface area contributed by atoms with Crippen molar-refractivity contribution in [1.82, 2.24) is 9.88 Å². The molecule has 2 fully saturated rings. The molecule has 1 aromatic heterocycles. The summed E-state index contributed by atoms with van der Waals surface area (Å²) in [5, 5.41) is -0.601. The highest BCUT2D eigenvalue weighted by Gasteiger charge is 2.57. The van der Waals surface area contributed by atoms with Crippen LogP contribution in [0.2, 0.25) is 0 Å². The summed E-state index contributed by atoms with van der Waals surface area (Å²) < 4.78 is 47.1. The smallest absolute Gasteiger partial charge is 0.418 e. The average Bonchev–Trinajstić information content (AvgIpc) is 3.46. The molecule has 4 heterocycles. The van der Waals surface area contributed by atoms with Gasteiger partial charge in [0, 0.05) is 23.9 Å². The fourth-order valence-electron chi connectivity index (χ4n) is 5.67. The van der Waals surface area contributed by atoms with Gasteiger partial charge in [0.2, 0.25) is 11.8 Å². The second kappa shape index (κ2) is 10.7. The topological polar surface area (TPSA) is 99.8 Å². The maximum absolute atomic E-state index is 13.8. The Kier molecular flexibility index (Phi) is 7.18. The maximum atomic E-state index is 13.8. The average molecular weight is 604 g/mol. The lowest BCUT2D eigenvalue weighted by molar-refractivity contribution is -0.137. The molecule has 3 aliphatic heterocycles. The van der Waals surface area contributed by atoms with Crippen molar-refractivity contribution in [3.63, 3.8) is 0 Å². The fraction of sp³-hybridized carbons (Fsp3) is 0.357. The zero-order chi connectivity index (χ0) is 28.9. The van der Waals surface area contributed by atoms with E-state index in [0.29, 0.717) is 39.2 Å². The number of imide groups is 1. The van der Waals surface area contributed by atoms with E-state index in [9.17, 15) is 32.3 Å². The van der Waals surface area contributed by atoms with E-state index in [2.05, 4.69) is 4.98 Å². The van der Waals surface area contributed by atoms with Gasteiger partial charge in [-0.15, -0.1) is 0 Å². The van der Waals surface area contributed by atoms with Crippen LogP contribution in [0.25, 0.3) is 0 Å². The Labute approximate surface area is 240 Å². The number of H-pyrrole nitrogens is 1. The van der Waals surface area contributed by atoms with Crippen molar-refractivity contribution in [3.05, 3.63) is 74.2 Å². The van der Waals surface area contributed by atoms with Crippen molar-refractivity contribution >= 4 is 46.5 Å². The number of aromatic amines is 1. The van der Waals surface area contributed by atoms with E-state index in [-0.39, 0.29) is 17.4 Å². The van der Waals surface area contributed by atoms with E-state index in [0.717, 1.165) is 54.5 Å². The van der Waals surface area contributed by atoms with Crippen LogP contribution in [-0.2, 0) is 20.6 Å². The van der Waals surface area contributed by atoms with E-state index in [1.54, 1.807) is 29.2 Å². The first kappa shape index (κ1) is 27.6. The van der Waals surface area contributed by atoms with Gasteiger partial charge in [0.15, 0.2) is 6.61 Å². The maximum Gasteiger partial charge on any atom is 0.418 e. The Morgan fingerprint density at radius 1 is 0.976 bits per heavy atom. The Hall–Kier alpha value is -3.58. The number of hydrogen-bond donors (Lipinski definition) is 1. The SMILES string of the molecule is O=C(COc1ccc([C@@H]2c3sc(=O)[nH]c3S[C@H]3C(=O)N(c4ccccc4C(F)(F)F)C(=O)[C@@H]23)cc1)N1CCCCC1. The summed E-state index contributed by atoms with van der Waals surface area (Å²) in [4.78, 5) is 57.4. The van der Waals surface area contributed by atoms with Gasteiger partial charge in [0.1, 0.15) is 11.0 Å². The minimum atomic E-state index is -4.77. The fourth-order valence-corrected chi connectivity index (χ4v) is 8.19. The summed E-state index contributed by atoms with van der Waals surface area (Å²) in [7, 11) is 0. The molecule has 2 aromatic carbocycles. The molecule has 214 valence electrons. The number of hydrogen-bond acceptors (Lipinski definition) is 7. The minimum Gasteiger partial charge on any atom is -0.484 e. The number of likely N-dealkylation sites (tertiary alicyclic amines) is 1. The third-order valence-electron chi connectivity index (χ3n) is 7.58. The molecule has 3 aromatic rings. The Balaban J connectivity index is 1.30. The molecule has 3 aliphatic rings. The van der Waals surface area contributed by atoms with Crippen molar-refractivity contribution in [2.45, 2.75) is 41.6 Å². The van der Waals surface area contributed by atoms with Crippen molar-refractivity contribution in [2.75, 3.05) is 24.6 Å². The van der Waals surface area contributed by atoms with E-state index in [1.165, 1.54) is 12.1 Å². The van der Waals surface area contributed by atoms with Gasteiger partial charge in [-0.2, -0.15) is 13.2 Å². The predicted molar refractivity (Wildman–Crippen MR) is 146 cm³/mol. The lowest BCUT2D eigenvalue weighted by atomic mass is 9.83. The highest BCUT2D eigenvalue weighted by Crippen LogP contribution is 2.54. The lowest BCUT2D eigenvalue weighted by Crippen LogP contribution is -2.38. The molecule has 0 radical (unpaired) electrons. The third-order valence-corrected chi connectivity index (χ3v) is 9.99. The Bertz CT molecular complexity index is 1560. The van der Waals surface area contributed by atoms with Crippen molar-refractivity contribution in [3.8, 4) is 5.75 Å². The van der Waals surface area contributed by atoms with Crippen molar-refractivity contribution in [1.29, 1.82) is 0 Å². The van der Waals surface area contributed by atoms with Gasteiger partial charge in [-0.25, -0.2) is 4.90 Å². The molecule has 1 N–H and O–H groups in total. The van der Waals surface area contributed by atoms with Crippen molar-refractivity contribution < 1.29 is 32.3 Å². The number of amides is 3. The van der Waals surface area contributed by atoms with E-state index < -0.39 is 46.3 Å². The molecule has 2 saturated heterocycles. The molecule has 0 saturated carbocycles.